The molecule has 1 fully saturated rings. The van der Waals surface area contributed by atoms with Gasteiger partial charge < -0.3 is 4.74 Å². The van der Waals surface area contributed by atoms with E-state index in [0.717, 1.165) is 12.0 Å². The summed E-state index contributed by atoms with van der Waals surface area (Å²) in [4.78, 5) is 11.0. The summed E-state index contributed by atoms with van der Waals surface area (Å²) in [5.74, 6) is -0.104. The lowest BCUT2D eigenvalue weighted by Crippen LogP contribution is -2.17. The molecule has 0 spiro atoms. The molecule has 0 aliphatic carbocycles. The van der Waals surface area contributed by atoms with Crippen molar-refractivity contribution in [1.82, 2.24) is 0 Å². The van der Waals surface area contributed by atoms with E-state index in [4.69, 9.17) is 4.74 Å². The Labute approximate surface area is 68.3 Å². The molecule has 0 aromatic heterocycles. The number of cyclic esters (lactones) is 1. The first-order valence-electron chi connectivity index (χ1n) is 3.88. The van der Waals surface area contributed by atoms with Crippen LogP contribution in [0.4, 0.5) is 0 Å². The normalized spacial score (nSPS) is 22.5. The molecule has 0 atom stereocenters. The van der Waals surface area contributed by atoms with Gasteiger partial charge in [0.2, 0.25) is 0 Å². The second-order valence-corrected chi connectivity index (χ2v) is 8.94. The molecule has 0 N–H and O–H groups in total. The van der Waals surface area contributed by atoms with Gasteiger partial charge >= 0.3 is 5.97 Å². The quantitative estimate of drug-likeness (QED) is 0.340. The van der Waals surface area contributed by atoms with E-state index in [-0.39, 0.29) is 5.97 Å². The van der Waals surface area contributed by atoms with E-state index in [1.165, 1.54) is 0 Å². The Hall–Kier alpha value is -0.573. The third-order valence-corrected chi connectivity index (χ3v) is 2.69. The summed E-state index contributed by atoms with van der Waals surface area (Å²) in [7, 11) is -1.23. The fraction of sp³-hybridized carbons (Fsp3) is 0.625. The predicted molar refractivity (Wildman–Crippen MR) is 47.0 cm³/mol. The molecule has 1 aliphatic rings. The van der Waals surface area contributed by atoms with Gasteiger partial charge in [0, 0.05) is 12.0 Å². The highest BCUT2D eigenvalue weighted by molar-refractivity contribution is 6.81. The van der Waals surface area contributed by atoms with Gasteiger partial charge in [-0.2, -0.15) is 0 Å². The van der Waals surface area contributed by atoms with E-state index in [2.05, 4.69) is 25.3 Å². The molecule has 0 radical (unpaired) electrons. The molecule has 1 aliphatic heterocycles. The first-order chi connectivity index (χ1) is 4.99. The third-order valence-electron chi connectivity index (χ3n) is 1.47. The van der Waals surface area contributed by atoms with Gasteiger partial charge in [0.05, 0.1) is 14.7 Å². The van der Waals surface area contributed by atoms with Gasteiger partial charge in [0.25, 0.3) is 0 Å². The molecule has 0 saturated carbocycles. The van der Waals surface area contributed by atoms with Crippen molar-refractivity contribution in [3.05, 3.63) is 11.3 Å². The molecule has 2 nitrogen and oxygen atoms in total. The van der Waals surface area contributed by atoms with Gasteiger partial charge in [-0.15, -0.1) is 0 Å². The van der Waals surface area contributed by atoms with Gasteiger partial charge in [-0.05, 0) is 0 Å². The highest BCUT2D eigenvalue weighted by Crippen LogP contribution is 2.16. The van der Waals surface area contributed by atoms with Crippen molar-refractivity contribution in [3.8, 4) is 0 Å². The maximum atomic E-state index is 11.0. The van der Waals surface area contributed by atoms with Crippen molar-refractivity contribution in [2.75, 3.05) is 6.61 Å². The lowest BCUT2D eigenvalue weighted by atomic mass is 10.3. The van der Waals surface area contributed by atoms with Crippen molar-refractivity contribution < 1.29 is 9.53 Å². The van der Waals surface area contributed by atoms with Crippen LogP contribution >= 0.6 is 0 Å². The lowest BCUT2D eigenvalue weighted by molar-refractivity contribution is -0.135. The number of esters is 1. The first-order valence-corrected chi connectivity index (χ1v) is 7.46. The van der Waals surface area contributed by atoms with Crippen LogP contribution in [0.15, 0.2) is 11.3 Å². The Morgan fingerprint density at radius 1 is 1.45 bits per heavy atom. The van der Waals surface area contributed by atoms with E-state index >= 15 is 0 Å². The number of carbonyl (C=O) groups excluding carboxylic acids is 1. The van der Waals surface area contributed by atoms with E-state index in [1.54, 1.807) is 0 Å². The van der Waals surface area contributed by atoms with Crippen molar-refractivity contribution in [2.24, 2.45) is 0 Å². The van der Waals surface area contributed by atoms with Gasteiger partial charge in [-0.1, -0.05) is 25.3 Å². The average Bonchev–Trinajstić information content (AvgIpc) is 2.12. The highest BCUT2D eigenvalue weighted by atomic mass is 28.3. The first kappa shape index (κ1) is 8.52. The Morgan fingerprint density at radius 2 is 2.09 bits per heavy atom. The Morgan fingerprint density at radius 3 is 2.45 bits per heavy atom. The van der Waals surface area contributed by atoms with E-state index in [0.29, 0.717) is 6.61 Å². The summed E-state index contributed by atoms with van der Waals surface area (Å²) < 4.78 is 4.83. The number of rotatable bonds is 1. The molecular weight excluding hydrogens is 156 g/mol. The Kier molecular flexibility index (Phi) is 2.18. The SMILES string of the molecule is C[Si](C)(C)C=C1CCOC1=O. The second-order valence-electron chi connectivity index (χ2n) is 3.92. The van der Waals surface area contributed by atoms with E-state index < -0.39 is 8.07 Å². The lowest BCUT2D eigenvalue weighted by Gasteiger charge is -2.08. The van der Waals surface area contributed by atoms with Crippen LogP contribution in [0.1, 0.15) is 6.42 Å². The third kappa shape index (κ3) is 2.50. The molecule has 0 aromatic carbocycles. The van der Waals surface area contributed by atoms with Crippen molar-refractivity contribution >= 4 is 14.0 Å². The van der Waals surface area contributed by atoms with Gasteiger partial charge in [0.1, 0.15) is 0 Å². The molecule has 1 saturated heterocycles. The maximum Gasteiger partial charge on any atom is 0.333 e. The fourth-order valence-corrected chi connectivity index (χ4v) is 2.41. The molecule has 3 heteroatoms. The summed E-state index contributed by atoms with van der Waals surface area (Å²) in [5.41, 5.74) is 3.02. The van der Waals surface area contributed by atoms with Gasteiger partial charge in [-0.3, -0.25) is 0 Å². The monoisotopic (exact) mass is 170 g/mol. The summed E-state index contributed by atoms with van der Waals surface area (Å²) in [6.45, 7) is 7.22. The van der Waals surface area contributed by atoms with Crippen LogP contribution in [0.25, 0.3) is 0 Å². The minimum Gasteiger partial charge on any atom is -0.462 e. The minimum absolute atomic E-state index is 0.104. The molecule has 0 amide bonds. The predicted octanol–water partition coefficient (Wildman–Crippen LogP) is 1.74. The van der Waals surface area contributed by atoms with Crippen LogP contribution in [-0.4, -0.2) is 20.7 Å². The van der Waals surface area contributed by atoms with E-state index in [1.807, 2.05) is 0 Å². The molecule has 0 aromatic rings. The average molecular weight is 170 g/mol. The summed E-state index contributed by atoms with van der Waals surface area (Å²) in [6, 6.07) is 0. The number of hydrogen-bond donors (Lipinski definition) is 0. The standard InChI is InChI=1S/C8H14O2Si/c1-11(2,3)6-7-4-5-10-8(7)9/h6H,4-5H2,1-3H3. The zero-order valence-corrected chi connectivity index (χ0v) is 8.31. The number of ether oxygens (including phenoxy) is 1. The largest absolute Gasteiger partial charge is 0.462 e. The smallest absolute Gasteiger partial charge is 0.333 e. The molecular formula is C8H14O2Si. The maximum absolute atomic E-state index is 11.0. The highest BCUT2D eigenvalue weighted by Gasteiger charge is 2.21. The van der Waals surface area contributed by atoms with Crippen molar-refractivity contribution in [3.63, 3.8) is 0 Å². The van der Waals surface area contributed by atoms with Crippen LogP contribution in [0, 0.1) is 0 Å². The van der Waals surface area contributed by atoms with Crippen LogP contribution in [0.3, 0.4) is 0 Å². The molecule has 11 heavy (non-hydrogen) atoms. The number of hydrogen-bond acceptors (Lipinski definition) is 2. The van der Waals surface area contributed by atoms with Crippen LogP contribution in [0.2, 0.25) is 19.6 Å². The molecule has 62 valence electrons. The fourth-order valence-electron chi connectivity index (χ4n) is 1.10. The summed E-state index contributed by atoms with van der Waals surface area (Å²) in [5, 5.41) is 0. The Bertz CT molecular complexity index is 201. The zero-order valence-electron chi connectivity index (χ0n) is 7.31. The Balaban J connectivity index is 2.73. The van der Waals surface area contributed by atoms with Crippen LogP contribution < -0.4 is 0 Å². The topological polar surface area (TPSA) is 26.3 Å². The summed E-state index contributed by atoms with van der Waals surface area (Å²) in [6.07, 6.45) is 0.809. The van der Waals surface area contributed by atoms with Crippen molar-refractivity contribution in [1.29, 1.82) is 0 Å². The molecule has 0 unspecified atom stereocenters. The van der Waals surface area contributed by atoms with Gasteiger partial charge in [-0.25, -0.2) is 4.79 Å². The second kappa shape index (κ2) is 2.81. The van der Waals surface area contributed by atoms with Crippen LogP contribution in [0.5, 0.6) is 0 Å². The summed E-state index contributed by atoms with van der Waals surface area (Å²) >= 11 is 0. The number of carbonyl (C=O) groups is 1. The molecule has 1 heterocycles. The van der Waals surface area contributed by atoms with Gasteiger partial charge in [0.15, 0.2) is 0 Å². The minimum atomic E-state index is -1.23. The molecule has 0 bridgehead atoms. The molecule has 1 rings (SSSR count). The van der Waals surface area contributed by atoms with E-state index in [9.17, 15) is 4.79 Å². The zero-order chi connectivity index (χ0) is 8.48. The van der Waals surface area contributed by atoms with Crippen molar-refractivity contribution in [2.45, 2.75) is 26.1 Å². The van der Waals surface area contributed by atoms with Crippen LogP contribution in [-0.2, 0) is 9.53 Å².